The summed E-state index contributed by atoms with van der Waals surface area (Å²) in [6.45, 7) is 1.37. The second-order valence-electron chi connectivity index (χ2n) is 4.71. The van der Waals surface area contributed by atoms with Crippen LogP contribution in [0.1, 0.15) is 21.5 Å². The molecular weight excluding hydrogens is 333 g/mol. The molecule has 0 unspecified atom stereocenters. The van der Waals surface area contributed by atoms with Crippen molar-refractivity contribution in [3.8, 4) is 5.75 Å². The summed E-state index contributed by atoms with van der Waals surface area (Å²) in [6, 6.07) is 9.43. The van der Waals surface area contributed by atoms with Crippen LogP contribution in [0.2, 0.25) is 5.02 Å². The lowest BCUT2D eigenvalue weighted by molar-refractivity contribution is -0.137. The van der Waals surface area contributed by atoms with Crippen LogP contribution in [0.3, 0.4) is 0 Å². The maximum Gasteiger partial charge on any atom is 0.416 e. The van der Waals surface area contributed by atoms with E-state index < -0.39 is 24.5 Å². The maximum absolute atomic E-state index is 12.5. The van der Waals surface area contributed by atoms with Crippen LogP contribution in [0.15, 0.2) is 42.5 Å². The molecule has 0 fully saturated rings. The Kier molecular flexibility index (Phi) is 5.15. The molecule has 0 aromatic heterocycles. The first kappa shape index (κ1) is 17.1. The Bertz CT molecular complexity index is 714. The number of hydrogen-bond donors (Lipinski definition) is 0. The number of ether oxygens (including phenoxy) is 2. The number of carbonyl (C=O) groups excluding carboxylic acids is 1. The molecule has 0 amide bonds. The molecule has 0 aliphatic carbocycles. The van der Waals surface area contributed by atoms with Crippen molar-refractivity contribution in [2.45, 2.75) is 13.1 Å². The molecule has 0 aliphatic rings. The third-order valence-electron chi connectivity index (χ3n) is 2.92. The normalized spacial score (nSPS) is 11.2. The Labute approximate surface area is 135 Å². The average Bonchev–Trinajstić information content (AvgIpc) is 2.47. The predicted molar refractivity (Wildman–Crippen MR) is 78.5 cm³/mol. The highest BCUT2D eigenvalue weighted by Gasteiger charge is 2.31. The minimum absolute atomic E-state index is 0.00305. The number of rotatable bonds is 4. The number of benzene rings is 2. The van der Waals surface area contributed by atoms with E-state index in [4.69, 9.17) is 21.1 Å². The molecule has 0 aliphatic heterocycles. The van der Waals surface area contributed by atoms with Gasteiger partial charge in [-0.3, -0.25) is 0 Å². The summed E-state index contributed by atoms with van der Waals surface area (Å²) in [5.41, 5.74) is 0.366. The molecule has 0 saturated carbocycles. The fourth-order valence-electron chi connectivity index (χ4n) is 1.80. The highest BCUT2D eigenvalue weighted by molar-refractivity contribution is 6.32. The summed E-state index contributed by atoms with van der Waals surface area (Å²) in [6.07, 6.45) is -4.49. The molecule has 122 valence electrons. The summed E-state index contributed by atoms with van der Waals surface area (Å²) in [5, 5.41) is -0.216. The van der Waals surface area contributed by atoms with E-state index in [1.54, 1.807) is 18.2 Å². The number of halogens is 4. The second kappa shape index (κ2) is 6.91. The SMILES string of the molecule is Cc1cccc(C(=O)OCOc2ccc(C(F)(F)F)cc2Cl)c1. The van der Waals surface area contributed by atoms with E-state index in [1.165, 1.54) is 0 Å². The molecule has 0 bridgehead atoms. The van der Waals surface area contributed by atoms with E-state index in [-0.39, 0.29) is 10.8 Å². The Morgan fingerprint density at radius 2 is 1.91 bits per heavy atom. The van der Waals surface area contributed by atoms with Crippen LogP contribution in [0.25, 0.3) is 0 Å². The monoisotopic (exact) mass is 344 g/mol. The van der Waals surface area contributed by atoms with Crippen LogP contribution < -0.4 is 4.74 Å². The summed E-state index contributed by atoms with van der Waals surface area (Å²) in [7, 11) is 0. The summed E-state index contributed by atoms with van der Waals surface area (Å²) >= 11 is 5.72. The Balaban J connectivity index is 1.95. The molecule has 0 atom stereocenters. The lowest BCUT2D eigenvalue weighted by atomic mass is 10.1. The minimum Gasteiger partial charge on any atom is -0.456 e. The van der Waals surface area contributed by atoms with E-state index >= 15 is 0 Å². The van der Waals surface area contributed by atoms with Gasteiger partial charge in [0.1, 0.15) is 5.75 Å². The van der Waals surface area contributed by atoms with Crippen molar-refractivity contribution in [1.82, 2.24) is 0 Å². The van der Waals surface area contributed by atoms with Gasteiger partial charge >= 0.3 is 12.1 Å². The second-order valence-corrected chi connectivity index (χ2v) is 5.11. The van der Waals surface area contributed by atoms with Crippen LogP contribution in [-0.2, 0) is 10.9 Å². The Morgan fingerprint density at radius 3 is 2.52 bits per heavy atom. The van der Waals surface area contributed by atoms with Crippen LogP contribution in [0.5, 0.6) is 5.75 Å². The summed E-state index contributed by atoms with van der Waals surface area (Å²) in [5.74, 6) is -0.603. The van der Waals surface area contributed by atoms with Gasteiger partial charge in [-0.2, -0.15) is 13.2 Å². The van der Waals surface area contributed by atoms with Crippen molar-refractivity contribution in [1.29, 1.82) is 0 Å². The highest BCUT2D eigenvalue weighted by atomic mass is 35.5. The van der Waals surface area contributed by atoms with Gasteiger partial charge in [0.15, 0.2) is 0 Å². The fourth-order valence-corrected chi connectivity index (χ4v) is 2.03. The molecule has 7 heteroatoms. The topological polar surface area (TPSA) is 35.5 Å². The molecule has 0 saturated heterocycles. The standard InChI is InChI=1S/C16H12ClF3O3/c1-10-3-2-4-11(7-10)15(21)23-9-22-14-6-5-12(8-13(14)17)16(18,19)20/h2-8H,9H2,1H3. The van der Waals surface area contributed by atoms with Gasteiger partial charge < -0.3 is 9.47 Å². The molecule has 0 spiro atoms. The van der Waals surface area contributed by atoms with Gasteiger partial charge in [-0.1, -0.05) is 29.3 Å². The molecular formula is C16H12ClF3O3. The largest absolute Gasteiger partial charge is 0.456 e. The Morgan fingerprint density at radius 1 is 1.17 bits per heavy atom. The first-order valence-corrected chi connectivity index (χ1v) is 6.88. The lowest BCUT2D eigenvalue weighted by Crippen LogP contribution is -2.11. The molecule has 3 nitrogen and oxygen atoms in total. The van der Waals surface area contributed by atoms with Crippen molar-refractivity contribution in [3.05, 3.63) is 64.2 Å². The van der Waals surface area contributed by atoms with Crippen molar-refractivity contribution in [2.24, 2.45) is 0 Å². The zero-order chi connectivity index (χ0) is 17.0. The molecule has 2 aromatic carbocycles. The van der Waals surface area contributed by atoms with Crippen LogP contribution >= 0.6 is 11.6 Å². The minimum atomic E-state index is -4.49. The van der Waals surface area contributed by atoms with E-state index in [0.29, 0.717) is 5.56 Å². The van der Waals surface area contributed by atoms with Crippen molar-refractivity contribution in [2.75, 3.05) is 6.79 Å². The Hall–Kier alpha value is -2.21. The predicted octanol–water partition coefficient (Wildman–Crippen LogP) is 4.86. The zero-order valence-electron chi connectivity index (χ0n) is 12.0. The summed E-state index contributed by atoms with van der Waals surface area (Å²) < 4.78 is 47.5. The lowest BCUT2D eigenvalue weighted by Gasteiger charge is -2.11. The van der Waals surface area contributed by atoms with E-state index in [2.05, 4.69) is 0 Å². The van der Waals surface area contributed by atoms with Crippen LogP contribution in [0.4, 0.5) is 13.2 Å². The van der Waals surface area contributed by atoms with Gasteiger partial charge in [0.2, 0.25) is 6.79 Å². The first-order valence-electron chi connectivity index (χ1n) is 6.51. The van der Waals surface area contributed by atoms with E-state index in [9.17, 15) is 18.0 Å². The highest BCUT2D eigenvalue weighted by Crippen LogP contribution is 2.34. The van der Waals surface area contributed by atoms with Crippen LogP contribution in [-0.4, -0.2) is 12.8 Å². The molecule has 0 radical (unpaired) electrons. The third-order valence-corrected chi connectivity index (χ3v) is 3.21. The smallest absolute Gasteiger partial charge is 0.416 e. The van der Waals surface area contributed by atoms with E-state index in [0.717, 1.165) is 23.8 Å². The average molecular weight is 345 g/mol. The maximum atomic E-state index is 12.5. The zero-order valence-corrected chi connectivity index (χ0v) is 12.7. The molecule has 2 rings (SSSR count). The van der Waals surface area contributed by atoms with E-state index in [1.807, 2.05) is 13.0 Å². The number of carbonyl (C=O) groups is 1. The molecule has 0 N–H and O–H groups in total. The third kappa shape index (κ3) is 4.63. The van der Waals surface area contributed by atoms with Gasteiger partial charge in [-0.25, -0.2) is 4.79 Å². The van der Waals surface area contributed by atoms with Gasteiger partial charge in [0.25, 0.3) is 0 Å². The number of alkyl halides is 3. The fraction of sp³-hybridized carbons (Fsp3) is 0.188. The van der Waals surface area contributed by atoms with Gasteiger partial charge in [-0.05, 0) is 37.3 Å². The van der Waals surface area contributed by atoms with Crippen molar-refractivity contribution >= 4 is 17.6 Å². The quantitative estimate of drug-likeness (QED) is 0.587. The molecule has 0 heterocycles. The number of hydrogen-bond acceptors (Lipinski definition) is 3. The number of esters is 1. The van der Waals surface area contributed by atoms with Crippen LogP contribution in [0, 0.1) is 6.92 Å². The number of aryl methyl sites for hydroxylation is 1. The molecule has 23 heavy (non-hydrogen) atoms. The van der Waals surface area contributed by atoms with Gasteiger partial charge in [-0.15, -0.1) is 0 Å². The first-order chi connectivity index (χ1) is 10.8. The van der Waals surface area contributed by atoms with Crippen molar-refractivity contribution in [3.63, 3.8) is 0 Å². The van der Waals surface area contributed by atoms with Gasteiger partial charge in [0, 0.05) is 0 Å². The summed E-state index contributed by atoms with van der Waals surface area (Å²) in [4.78, 5) is 11.8. The van der Waals surface area contributed by atoms with Gasteiger partial charge in [0.05, 0.1) is 16.1 Å². The van der Waals surface area contributed by atoms with Crippen molar-refractivity contribution < 1.29 is 27.4 Å². The molecule has 2 aromatic rings.